The van der Waals surface area contributed by atoms with Crippen LogP contribution in [0.2, 0.25) is 0 Å². The van der Waals surface area contributed by atoms with Crippen LogP contribution in [-0.2, 0) is 19.0 Å². The van der Waals surface area contributed by atoms with Crippen LogP contribution >= 0.6 is 12.2 Å². The Labute approximate surface area is 128 Å². The first-order chi connectivity index (χ1) is 10.1. The number of nitrogens with zero attached hydrogens (tertiary/aromatic N) is 1. The molecule has 2 aliphatic heterocycles. The van der Waals surface area contributed by atoms with Crippen molar-refractivity contribution < 1.29 is 29.2 Å². The Bertz CT molecular complexity index is 396. The molecule has 0 unspecified atom stereocenters. The zero-order valence-corrected chi connectivity index (χ0v) is 12.5. The van der Waals surface area contributed by atoms with Crippen LogP contribution in [0.15, 0.2) is 0 Å². The summed E-state index contributed by atoms with van der Waals surface area (Å²) in [6.45, 7) is 0.712. The lowest BCUT2D eigenvalue weighted by molar-refractivity contribution is -0.125. The van der Waals surface area contributed by atoms with Gasteiger partial charge in [0.2, 0.25) is 5.91 Å². The van der Waals surface area contributed by atoms with Crippen molar-refractivity contribution in [3.8, 4) is 0 Å². The van der Waals surface area contributed by atoms with E-state index in [0.29, 0.717) is 13.2 Å². The van der Waals surface area contributed by atoms with Gasteiger partial charge in [-0.2, -0.15) is 0 Å². The average molecular weight is 320 g/mol. The van der Waals surface area contributed by atoms with Crippen LogP contribution in [0.4, 0.5) is 0 Å². The summed E-state index contributed by atoms with van der Waals surface area (Å²) in [5, 5.41) is 22.2. The van der Waals surface area contributed by atoms with Gasteiger partial charge in [0.05, 0.1) is 19.8 Å². The molecule has 0 aromatic rings. The smallest absolute Gasteiger partial charge is 0.227 e. The Kier molecular flexibility index (Phi) is 5.85. The maximum absolute atomic E-state index is 11.3. The molecule has 21 heavy (non-hydrogen) atoms. The molecule has 4 atom stereocenters. The fraction of sp³-hybridized carbons (Fsp3) is 0.833. The van der Waals surface area contributed by atoms with E-state index < -0.39 is 24.5 Å². The maximum atomic E-state index is 11.3. The van der Waals surface area contributed by atoms with Gasteiger partial charge in [-0.25, -0.2) is 0 Å². The van der Waals surface area contributed by atoms with Crippen molar-refractivity contribution >= 4 is 23.2 Å². The third-order valence-electron chi connectivity index (χ3n) is 3.48. The van der Waals surface area contributed by atoms with Crippen molar-refractivity contribution in [2.24, 2.45) is 0 Å². The highest BCUT2D eigenvalue weighted by Gasteiger charge is 2.48. The second-order valence-electron chi connectivity index (χ2n) is 4.86. The van der Waals surface area contributed by atoms with E-state index in [-0.39, 0.29) is 30.7 Å². The van der Waals surface area contributed by atoms with E-state index in [9.17, 15) is 15.0 Å². The number of thiocarbonyl (C=S) groups is 1. The molecule has 0 aromatic carbocycles. The van der Waals surface area contributed by atoms with Gasteiger partial charge >= 0.3 is 0 Å². The monoisotopic (exact) mass is 320 g/mol. The maximum Gasteiger partial charge on any atom is 0.227 e. The molecule has 2 rings (SSSR count). The largest absolute Gasteiger partial charge is 0.394 e. The van der Waals surface area contributed by atoms with E-state index in [1.165, 1.54) is 0 Å². The molecule has 9 heteroatoms. The van der Waals surface area contributed by atoms with Crippen molar-refractivity contribution in [3.63, 3.8) is 0 Å². The summed E-state index contributed by atoms with van der Waals surface area (Å²) in [5.41, 5.74) is 0. The number of methoxy groups -OCH3 is 1. The van der Waals surface area contributed by atoms with Crippen LogP contribution in [0.5, 0.6) is 0 Å². The van der Waals surface area contributed by atoms with Gasteiger partial charge in [-0.1, -0.05) is 0 Å². The minimum atomic E-state index is -0.975. The molecule has 0 bridgehead atoms. The molecule has 1 amide bonds. The van der Waals surface area contributed by atoms with Gasteiger partial charge in [-0.05, 0) is 12.2 Å². The molecule has 0 spiro atoms. The molecule has 0 saturated carbocycles. The quantitative estimate of drug-likeness (QED) is 0.389. The van der Waals surface area contributed by atoms with E-state index in [2.05, 4.69) is 5.32 Å². The van der Waals surface area contributed by atoms with Gasteiger partial charge in [-0.15, -0.1) is 0 Å². The highest BCUT2D eigenvalue weighted by Crippen LogP contribution is 2.27. The van der Waals surface area contributed by atoms with Gasteiger partial charge in [-0.3, -0.25) is 4.79 Å². The van der Waals surface area contributed by atoms with Crippen LogP contribution < -0.4 is 5.32 Å². The van der Waals surface area contributed by atoms with Crippen molar-refractivity contribution in [2.75, 3.05) is 33.5 Å². The fourth-order valence-corrected chi connectivity index (χ4v) is 2.70. The summed E-state index contributed by atoms with van der Waals surface area (Å²) in [6, 6.07) is 0. The van der Waals surface area contributed by atoms with Gasteiger partial charge in [0.15, 0.2) is 11.3 Å². The Morgan fingerprint density at radius 1 is 1.52 bits per heavy atom. The number of ether oxygens (including phenoxy) is 3. The zero-order valence-electron chi connectivity index (χ0n) is 11.7. The van der Waals surface area contributed by atoms with Gasteiger partial charge in [0.1, 0.15) is 18.3 Å². The third-order valence-corrected chi connectivity index (χ3v) is 3.82. The Balaban J connectivity index is 2.06. The molecule has 8 nitrogen and oxygen atoms in total. The molecule has 0 aromatic heterocycles. The first kappa shape index (κ1) is 16.5. The van der Waals surface area contributed by atoms with Crippen LogP contribution in [0.1, 0.15) is 6.42 Å². The van der Waals surface area contributed by atoms with Crippen LogP contribution in [0, 0.1) is 0 Å². The normalized spacial score (nSPS) is 33.4. The number of aliphatic hydroxyl groups excluding tert-OH is 2. The summed E-state index contributed by atoms with van der Waals surface area (Å²) in [6.07, 6.45) is -2.77. The molecular formula is C12H20N2O6S. The molecule has 120 valence electrons. The van der Waals surface area contributed by atoms with Crippen molar-refractivity contribution in [1.29, 1.82) is 0 Å². The number of rotatable bonds is 6. The predicted molar refractivity (Wildman–Crippen MR) is 75.4 cm³/mol. The molecule has 0 radical (unpaired) electrons. The Morgan fingerprint density at radius 2 is 2.29 bits per heavy atom. The molecule has 2 saturated heterocycles. The summed E-state index contributed by atoms with van der Waals surface area (Å²) in [4.78, 5) is 13.0. The molecule has 2 fully saturated rings. The highest BCUT2D eigenvalue weighted by atomic mass is 32.1. The third kappa shape index (κ3) is 3.68. The number of hydrogen-bond donors (Lipinski definition) is 3. The number of carbonyl (C=O) groups is 1. The van der Waals surface area contributed by atoms with E-state index in [4.69, 9.17) is 26.4 Å². The van der Waals surface area contributed by atoms with Gasteiger partial charge < -0.3 is 34.6 Å². The van der Waals surface area contributed by atoms with E-state index >= 15 is 0 Å². The second kappa shape index (κ2) is 7.43. The average Bonchev–Trinajstić information content (AvgIpc) is 2.76. The van der Waals surface area contributed by atoms with Gasteiger partial charge in [0.25, 0.3) is 0 Å². The molecule has 0 aliphatic carbocycles. The number of nitrogens with one attached hydrogen (secondary N) is 1. The minimum absolute atomic E-state index is 0.148. The minimum Gasteiger partial charge on any atom is -0.394 e. The summed E-state index contributed by atoms with van der Waals surface area (Å²) in [5.74, 6) is -0.148. The first-order valence-corrected chi connectivity index (χ1v) is 7.14. The molecular weight excluding hydrogens is 300 g/mol. The number of carbonyl (C=O) groups excluding carboxylic acids is 1. The standard InChI is InChI=1S/C12H20N2O6S/c1-18-4-5-19-10-9(17)7(6-15)20-11(10)14-3-2-8(16)13-12(14)21/h7,9-11,15,17H,2-6H2,1H3,(H,13,16,21)/t7-,9-,10-,11-/m1/s1. The van der Waals surface area contributed by atoms with Crippen LogP contribution in [0.25, 0.3) is 0 Å². The number of aliphatic hydroxyl groups is 2. The number of amides is 1. The Morgan fingerprint density at radius 3 is 2.90 bits per heavy atom. The Hall–Kier alpha value is -0.840. The van der Waals surface area contributed by atoms with Crippen LogP contribution in [0.3, 0.4) is 0 Å². The SMILES string of the molecule is COCCO[C@@H]1[C@H](O)[C@@H](CO)O[C@H]1N1CCC(=O)NC1=S. The fourth-order valence-electron chi connectivity index (χ4n) is 2.39. The topological polar surface area (TPSA) is 100 Å². The van der Waals surface area contributed by atoms with E-state index in [1.807, 2.05) is 0 Å². The van der Waals surface area contributed by atoms with Gasteiger partial charge in [0, 0.05) is 20.1 Å². The molecule has 2 aliphatic rings. The summed E-state index contributed by atoms with van der Waals surface area (Å²) in [7, 11) is 1.55. The van der Waals surface area contributed by atoms with Crippen LogP contribution in [-0.4, -0.2) is 84.1 Å². The molecule has 2 heterocycles. The lowest BCUT2D eigenvalue weighted by atomic mass is 10.1. The second-order valence-corrected chi connectivity index (χ2v) is 5.25. The zero-order chi connectivity index (χ0) is 15.4. The number of hydrogen-bond acceptors (Lipinski definition) is 7. The van der Waals surface area contributed by atoms with Crippen molar-refractivity contribution in [2.45, 2.75) is 31.0 Å². The summed E-state index contributed by atoms with van der Waals surface area (Å²) >= 11 is 5.13. The predicted octanol–water partition coefficient (Wildman–Crippen LogP) is -1.80. The highest BCUT2D eigenvalue weighted by molar-refractivity contribution is 7.80. The van der Waals surface area contributed by atoms with E-state index in [1.54, 1.807) is 12.0 Å². The van der Waals surface area contributed by atoms with E-state index in [0.717, 1.165) is 0 Å². The first-order valence-electron chi connectivity index (χ1n) is 6.74. The summed E-state index contributed by atoms with van der Waals surface area (Å²) < 4.78 is 16.1. The van der Waals surface area contributed by atoms with Crippen molar-refractivity contribution in [3.05, 3.63) is 0 Å². The molecule has 3 N–H and O–H groups in total. The lowest BCUT2D eigenvalue weighted by Gasteiger charge is -2.36. The van der Waals surface area contributed by atoms with Crippen molar-refractivity contribution in [1.82, 2.24) is 10.2 Å². The lowest BCUT2D eigenvalue weighted by Crippen LogP contribution is -2.57.